The molecule has 5 nitrogen and oxygen atoms in total. The molecule has 2 aromatic carbocycles. The van der Waals surface area contributed by atoms with Crippen LogP contribution in [0.2, 0.25) is 5.02 Å². The van der Waals surface area contributed by atoms with Crippen molar-refractivity contribution in [1.29, 1.82) is 0 Å². The van der Waals surface area contributed by atoms with Crippen molar-refractivity contribution in [3.8, 4) is 0 Å². The molecule has 1 saturated heterocycles. The summed E-state index contributed by atoms with van der Waals surface area (Å²) in [6, 6.07) is 7.25. The number of benzene rings is 2. The van der Waals surface area contributed by atoms with E-state index in [9.17, 15) is 35.9 Å². The molecule has 0 saturated carbocycles. The van der Waals surface area contributed by atoms with Gasteiger partial charge in [-0.25, -0.2) is 4.99 Å². The lowest BCUT2D eigenvalue weighted by atomic mass is 10.1. The van der Waals surface area contributed by atoms with Gasteiger partial charge in [-0.3, -0.25) is 9.59 Å². The van der Waals surface area contributed by atoms with Crippen LogP contribution in [0.4, 0.5) is 37.7 Å². The molecule has 2 aromatic rings. The molecule has 1 aliphatic heterocycles. The highest BCUT2D eigenvalue weighted by Crippen LogP contribution is 2.37. The lowest BCUT2D eigenvalue weighted by molar-refractivity contribution is -0.143. The van der Waals surface area contributed by atoms with Gasteiger partial charge in [0.1, 0.15) is 5.25 Å². The van der Waals surface area contributed by atoms with Gasteiger partial charge in [-0.2, -0.15) is 26.3 Å². The van der Waals surface area contributed by atoms with Crippen LogP contribution < -0.4 is 10.6 Å². The van der Waals surface area contributed by atoms with Crippen molar-refractivity contribution >= 4 is 51.7 Å². The van der Waals surface area contributed by atoms with Crippen LogP contribution in [0.1, 0.15) is 17.5 Å². The predicted molar refractivity (Wildman–Crippen MR) is 108 cm³/mol. The second-order valence-corrected chi connectivity index (χ2v) is 8.11. The van der Waals surface area contributed by atoms with Crippen LogP contribution >= 0.6 is 23.4 Å². The Balaban J connectivity index is 1.73. The first-order chi connectivity index (χ1) is 14.8. The summed E-state index contributed by atoms with van der Waals surface area (Å²) in [5.41, 5.74) is -3.45. The Morgan fingerprint density at radius 3 is 2.22 bits per heavy atom. The maximum atomic E-state index is 12.9. The molecule has 0 spiro atoms. The minimum absolute atomic E-state index is 0.0482. The van der Waals surface area contributed by atoms with Crippen LogP contribution in [0, 0.1) is 0 Å². The number of carbonyl (C=O) groups is 2. The zero-order valence-corrected chi connectivity index (χ0v) is 17.2. The zero-order valence-electron chi connectivity index (χ0n) is 15.6. The van der Waals surface area contributed by atoms with Crippen molar-refractivity contribution in [2.75, 3.05) is 5.32 Å². The van der Waals surface area contributed by atoms with E-state index in [1.54, 1.807) is 24.3 Å². The van der Waals surface area contributed by atoms with Gasteiger partial charge >= 0.3 is 12.4 Å². The lowest BCUT2D eigenvalue weighted by Gasteiger charge is -2.15. The molecule has 170 valence electrons. The highest BCUT2D eigenvalue weighted by Gasteiger charge is 2.37. The Kier molecular flexibility index (Phi) is 6.75. The summed E-state index contributed by atoms with van der Waals surface area (Å²) in [5.74, 6) is -1.53. The molecule has 0 bridgehead atoms. The number of amides is 2. The number of para-hydroxylation sites is 1. The van der Waals surface area contributed by atoms with Crippen molar-refractivity contribution in [1.82, 2.24) is 5.32 Å². The second kappa shape index (κ2) is 9.02. The molecule has 1 aliphatic rings. The number of hydrogen-bond acceptors (Lipinski definition) is 4. The maximum absolute atomic E-state index is 12.9. The van der Waals surface area contributed by atoms with Crippen molar-refractivity contribution in [2.45, 2.75) is 24.0 Å². The topological polar surface area (TPSA) is 70.6 Å². The summed E-state index contributed by atoms with van der Waals surface area (Å²) in [6.07, 6.45) is -10.6. The zero-order chi connectivity index (χ0) is 23.7. The van der Waals surface area contributed by atoms with Crippen molar-refractivity contribution in [3.05, 3.63) is 58.6 Å². The van der Waals surface area contributed by atoms with Gasteiger partial charge in [-0.15, -0.1) is 0 Å². The number of anilines is 1. The molecule has 1 fully saturated rings. The number of thioether (sulfide) groups is 1. The summed E-state index contributed by atoms with van der Waals surface area (Å²) in [5, 5.41) is 3.93. The van der Waals surface area contributed by atoms with Crippen molar-refractivity contribution < 1.29 is 35.9 Å². The van der Waals surface area contributed by atoms with Crippen LogP contribution in [0.15, 0.2) is 47.5 Å². The second-order valence-electron chi connectivity index (χ2n) is 6.51. The van der Waals surface area contributed by atoms with E-state index in [0.29, 0.717) is 22.8 Å². The van der Waals surface area contributed by atoms with Crippen LogP contribution in [0.25, 0.3) is 0 Å². The van der Waals surface area contributed by atoms with E-state index in [2.05, 4.69) is 10.3 Å². The van der Waals surface area contributed by atoms with Crippen LogP contribution in [0.3, 0.4) is 0 Å². The van der Waals surface area contributed by atoms with E-state index in [4.69, 9.17) is 11.6 Å². The monoisotopic (exact) mass is 495 g/mol. The van der Waals surface area contributed by atoms with E-state index < -0.39 is 52.7 Å². The Bertz CT molecular complexity index is 1060. The number of halogens is 7. The number of nitrogens with one attached hydrogen (secondary N) is 2. The van der Waals surface area contributed by atoms with Gasteiger partial charge < -0.3 is 10.6 Å². The van der Waals surface area contributed by atoms with Crippen LogP contribution in [0.5, 0.6) is 0 Å². The van der Waals surface area contributed by atoms with Crippen LogP contribution in [-0.4, -0.2) is 22.2 Å². The molecule has 13 heteroatoms. The largest absolute Gasteiger partial charge is 0.416 e. The van der Waals surface area contributed by atoms with Crippen molar-refractivity contribution in [3.63, 3.8) is 0 Å². The number of aliphatic imine (C=N–C) groups is 1. The Labute approximate surface area is 186 Å². The standard InChI is InChI=1S/C19H12ClF6N3O2S/c20-12-3-1-2-4-13(12)28-17-29-16(31)14(32-17)8-15(30)27-11-6-9(18(21,22)23)5-10(7-11)19(24,25)26/h1-7,14H,8H2,(H,27,30)(H,28,29,31)/t14-/m1/s1. The molecular formula is C19H12ClF6N3O2S. The van der Waals surface area contributed by atoms with Gasteiger partial charge in [0.2, 0.25) is 11.8 Å². The number of carbonyl (C=O) groups excluding carboxylic acids is 2. The average molecular weight is 496 g/mol. The summed E-state index contributed by atoms with van der Waals surface area (Å²) >= 11 is 6.87. The quantitative estimate of drug-likeness (QED) is 0.540. The smallest absolute Gasteiger partial charge is 0.326 e. The van der Waals surface area contributed by atoms with E-state index >= 15 is 0 Å². The first kappa shape index (κ1) is 23.9. The number of alkyl halides is 6. The normalized spacial score (nSPS) is 18.0. The minimum Gasteiger partial charge on any atom is -0.326 e. The van der Waals surface area contributed by atoms with E-state index in [1.165, 1.54) is 0 Å². The van der Waals surface area contributed by atoms with E-state index in [0.717, 1.165) is 11.8 Å². The third-order valence-corrected chi connectivity index (χ3v) is 5.49. The summed E-state index contributed by atoms with van der Waals surface area (Å²) in [7, 11) is 0. The summed E-state index contributed by atoms with van der Waals surface area (Å²) in [6.45, 7) is 0. The average Bonchev–Trinajstić information content (AvgIpc) is 3.00. The number of amidine groups is 1. The Hall–Kier alpha value is -2.73. The fourth-order valence-corrected chi connectivity index (χ4v) is 3.81. The number of hydrogen-bond donors (Lipinski definition) is 2. The molecule has 1 atom stereocenters. The molecule has 0 radical (unpaired) electrons. The molecule has 0 aromatic heterocycles. The third kappa shape index (κ3) is 5.94. The molecule has 0 unspecified atom stereocenters. The van der Waals surface area contributed by atoms with Gasteiger partial charge in [0.15, 0.2) is 5.17 Å². The SMILES string of the molecule is O=C(C[C@H]1SC(=Nc2ccccc2Cl)NC1=O)Nc1cc(C(F)(F)F)cc(C(F)(F)F)c1. The fraction of sp³-hybridized carbons (Fsp3) is 0.211. The predicted octanol–water partition coefficient (Wildman–Crippen LogP) is 5.63. The molecular weight excluding hydrogens is 484 g/mol. The van der Waals surface area contributed by atoms with Gasteiger partial charge in [-0.1, -0.05) is 35.5 Å². The van der Waals surface area contributed by atoms with Gasteiger partial charge in [0.05, 0.1) is 21.8 Å². The molecule has 2 N–H and O–H groups in total. The van der Waals surface area contributed by atoms with Gasteiger partial charge in [-0.05, 0) is 30.3 Å². The van der Waals surface area contributed by atoms with Crippen LogP contribution in [-0.2, 0) is 21.9 Å². The minimum atomic E-state index is -5.05. The number of rotatable bonds is 4. The Morgan fingerprint density at radius 1 is 1.06 bits per heavy atom. The van der Waals surface area contributed by atoms with Gasteiger partial charge in [0, 0.05) is 12.1 Å². The molecule has 0 aliphatic carbocycles. The third-order valence-electron chi connectivity index (χ3n) is 4.09. The number of nitrogens with zero attached hydrogens (tertiary/aromatic N) is 1. The molecule has 3 rings (SSSR count). The summed E-state index contributed by atoms with van der Waals surface area (Å²) < 4.78 is 77.7. The first-order valence-electron chi connectivity index (χ1n) is 8.73. The molecule has 2 amide bonds. The van der Waals surface area contributed by atoms with E-state index in [-0.39, 0.29) is 11.2 Å². The highest BCUT2D eigenvalue weighted by molar-refractivity contribution is 8.15. The summed E-state index contributed by atoms with van der Waals surface area (Å²) in [4.78, 5) is 28.5. The molecule has 32 heavy (non-hydrogen) atoms. The maximum Gasteiger partial charge on any atom is 0.416 e. The molecule has 1 heterocycles. The van der Waals surface area contributed by atoms with Crippen molar-refractivity contribution in [2.24, 2.45) is 4.99 Å². The van der Waals surface area contributed by atoms with E-state index in [1.807, 2.05) is 5.32 Å². The fourth-order valence-electron chi connectivity index (χ4n) is 2.65. The Morgan fingerprint density at radius 2 is 1.66 bits per heavy atom. The van der Waals surface area contributed by atoms with Gasteiger partial charge in [0.25, 0.3) is 0 Å². The highest BCUT2D eigenvalue weighted by atomic mass is 35.5. The lowest BCUT2D eigenvalue weighted by Crippen LogP contribution is -2.28. The first-order valence-corrected chi connectivity index (χ1v) is 9.99.